The van der Waals surface area contributed by atoms with Crippen molar-refractivity contribution in [1.82, 2.24) is 10.6 Å². The van der Waals surface area contributed by atoms with Gasteiger partial charge in [-0.1, -0.05) is 18.2 Å². The number of benzene rings is 1. The highest BCUT2D eigenvalue weighted by Crippen LogP contribution is 2.25. The molecule has 1 saturated heterocycles. The van der Waals surface area contributed by atoms with Gasteiger partial charge < -0.3 is 20.0 Å². The zero-order valence-corrected chi connectivity index (χ0v) is 19.2. The third kappa shape index (κ3) is 5.20. The normalized spacial score (nSPS) is 15.5. The van der Waals surface area contributed by atoms with Crippen LogP contribution in [0.4, 0.5) is 5.00 Å². The molecular weight excluding hydrogens is 483 g/mol. The van der Waals surface area contributed by atoms with Crippen LogP contribution in [0.2, 0.25) is 0 Å². The average molecular weight is 510 g/mol. The minimum Gasteiger partial charge on any atom is -0.459 e. The molecule has 0 bridgehead atoms. The van der Waals surface area contributed by atoms with Gasteiger partial charge in [-0.3, -0.25) is 0 Å². The maximum absolute atomic E-state index is 5.87. The second-order valence-electron chi connectivity index (χ2n) is 6.80. The van der Waals surface area contributed by atoms with Crippen molar-refractivity contribution < 1.29 is 4.42 Å². The van der Waals surface area contributed by atoms with E-state index in [1.165, 1.54) is 5.00 Å². The number of aliphatic imine (C=N–C) groups is 1. The molecule has 0 saturated carbocycles. The van der Waals surface area contributed by atoms with Crippen LogP contribution in [-0.4, -0.2) is 31.6 Å². The standard InChI is InChI=1S/C21H26N4OS.HI/c1-2-22-21(23-15-18-14-16-6-3-4-7-19(16)26-18)24-17-9-11-25(12-10-17)20-8-5-13-27-20;/h3-8,13-14,17H,2,9-12,15H2,1H3,(H2,22,23,24);1H. The van der Waals surface area contributed by atoms with Crippen molar-refractivity contribution >= 4 is 57.2 Å². The summed E-state index contributed by atoms with van der Waals surface area (Å²) in [6.45, 7) is 5.65. The van der Waals surface area contributed by atoms with Crippen LogP contribution < -0.4 is 15.5 Å². The number of rotatable bonds is 5. The van der Waals surface area contributed by atoms with E-state index in [1.807, 2.05) is 29.5 Å². The molecule has 3 aromatic rings. The lowest BCUT2D eigenvalue weighted by Crippen LogP contribution is -2.48. The molecule has 0 aliphatic carbocycles. The molecule has 0 radical (unpaired) electrons. The number of halogens is 1. The number of anilines is 1. The molecule has 0 amide bonds. The fourth-order valence-corrected chi connectivity index (χ4v) is 4.26. The predicted octanol–water partition coefficient (Wildman–Crippen LogP) is 4.84. The molecule has 0 unspecified atom stereocenters. The van der Waals surface area contributed by atoms with Gasteiger partial charge in [0.05, 0.1) is 5.00 Å². The molecule has 0 atom stereocenters. The van der Waals surface area contributed by atoms with Crippen LogP contribution in [-0.2, 0) is 6.54 Å². The van der Waals surface area contributed by atoms with Crippen LogP contribution in [0, 0.1) is 0 Å². The fraction of sp³-hybridized carbons (Fsp3) is 0.381. The number of piperidine rings is 1. The number of para-hydroxylation sites is 1. The molecule has 4 rings (SSSR count). The van der Waals surface area contributed by atoms with Crippen molar-refractivity contribution in [2.24, 2.45) is 4.99 Å². The molecule has 3 heterocycles. The van der Waals surface area contributed by atoms with Crippen LogP contribution in [0.5, 0.6) is 0 Å². The van der Waals surface area contributed by atoms with Gasteiger partial charge in [0, 0.05) is 31.1 Å². The zero-order chi connectivity index (χ0) is 18.5. The second-order valence-corrected chi connectivity index (χ2v) is 7.73. The smallest absolute Gasteiger partial charge is 0.191 e. The summed E-state index contributed by atoms with van der Waals surface area (Å²) >= 11 is 1.82. The summed E-state index contributed by atoms with van der Waals surface area (Å²) in [5.74, 6) is 1.76. The number of hydrogen-bond donors (Lipinski definition) is 2. The first kappa shape index (κ1) is 21.0. The fourth-order valence-electron chi connectivity index (χ4n) is 3.48. The van der Waals surface area contributed by atoms with Gasteiger partial charge in [0.15, 0.2) is 5.96 Å². The Balaban J connectivity index is 0.00000225. The Morgan fingerprint density at radius 2 is 2.04 bits per heavy atom. The van der Waals surface area contributed by atoms with E-state index in [9.17, 15) is 0 Å². The molecule has 1 aromatic carbocycles. The Morgan fingerprint density at radius 3 is 2.75 bits per heavy atom. The minimum absolute atomic E-state index is 0. The van der Waals surface area contributed by atoms with Gasteiger partial charge in [-0.2, -0.15) is 0 Å². The molecule has 28 heavy (non-hydrogen) atoms. The summed E-state index contributed by atoms with van der Waals surface area (Å²) in [5.41, 5.74) is 0.918. The summed E-state index contributed by atoms with van der Waals surface area (Å²) < 4.78 is 5.87. The Labute approximate surface area is 187 Å². The minimum atomic E-state index is 0. The lowest BCUT2D eigenvalue weighted by molar-refractivity contribution is 0.462. The third-order valence-corrected chi connectivity index (χ3v) is 5.80. The molecular formula is C21H27IN4OS. The number of nitrogens with zero attached hydrogens (tertiary/aromatic N) is 2. The number of furan rings is 1. The summed E-state index contributed by atoms with van der Waals surface area (Å²) in [5, 5.41) is 11.6. The summed E-state index contributed by atoms with van der Waals surface area (Å²) in [4.78, 5) is 7.20. The molecule has 2 aromatic heterocycles. The first-order valence-electron chi connectivity index (χ1n) is 9.62. The van der Waals surface area contributed by atoms with Crippen LogP contribution >= 0.6 is 35.3 Å². The number of nitrogens with one attached hydrogen (secondary N) is 2. The predicted molar refractivity (Wildman–Crippen MR) is 129 cm³/mol. The molecule has 1 fully saturated rings. The molecule has 7 heteroatoms. The van der Waals surface area contributed by atoms with Gasteiger partial charge in [-0.15, -0.1) is 35.3 Å². The largest absolute Gasteiger partial charge is 0.459 e. The summed E-state index contributed by atoms with van der Waals surface area (Å²) in [7, 11) is 0. The van der Waals surface area contributed by atoms with Gasteiger partial charge in [0.1, 0.15) is 17.9 Å². The highest BCUT2D eigenvalue weighted by Gasteiger charge is 2.20. The van der Waals surface area contributed by atoms with E-state index in [1.54, 1.807) is 0 Å². The van der Waals surface area contributed by atoms with Gasteiger partial charge in [-0.25, -0.2) is 4.99 Å². The highest BCUT2D eigenvalue weighted by molar-refractivity contribution is 14.0. The maximum Gasteiger partial charge on any atom is 0.191 e. The monoisotopic (exact) mass is 510 g/mol. The van der Waals surface area contributed by atoms with Crippen molar-refractivity contribution in [2.45, 2.75) is 32.4 Å². The summed E-state index contributed by atoms with van der Waals surface area (Å²) in [6.07, 6.45) is 2.24. The van der Waals surface area contributed by atoms with Crippen LogP contribution in [0.3, 0.4) is 0 Å². The Kier molecular flexibility index (Phi) is 7.61. The lowest BCUT2D eigenvalue weighted by Gasteiger charge is -2.33. The number of fused-ring (bicyclic) bond motifs is 1. The van der Waals surface area contributed by atoms with Gasteiger partial charge in [-0.05, 0) is 49.4 Å². The van der Waals surface area contributed by atoms with Crippen LogP contribution in [0.25, 0.3) is 11.0 Å². The van der Waals surface area contributed by atoms with E-state index < -0.39 is 0 Å². The summed E-state index contributed by atoms with van der Waals surface area (Å²) in [6, 6.07) is 14.9. The van der Waals surface area contributed by atoms with E-state index in [-0.39, 0.29) is 24.0 Å². The van der Waals surface area contributed by atoms with E-state index >= 15 is 0 Å². The van der Waals surface area contributed by atoms with E-state index in [4.69, 9.17) is 9.41 Å². The lowest BCUT2D eigenvalue weighted by atomic mass is 10.1. The maximum atomic E-state index is 5.87. The van der Waals surface area contributed by atoms with Gasteiger partial charge >= 0.3 is 0 Å². The Hall–Kier alpha value is -1.74. The van der Waals surface area contributed by atoms with Crippen molar-refractivity contribution in [1.29, 1.82) is 0 Å². The van der Waals surface area contributed by atoms with Gasteiger partial charge in [0.25, 0.3) is 0 Å². The number of guanidine groups is 1. The van der Waals surface area contributed by atoms with Crippen molar-refractivity contribution in [3.05, 3.63) is 53.6 Å². The quantitative estimate of drug-likeness (QED) is 0.293. The first-order chi connectivity index (χ1) is 13.3. The highest BCUT2D eigenvalue weighted by atomic mass is 127. The Bertz CT molecular complexity index is 852. The zero-order valence-electron chi connectivity index (χ0n) is 16.1. The van der Waals surface area contributed by atoms with Crippen LogP contribution in [0.15, 0.2) is 57.3 Å². The van der Waals surface area contributed by atoms with E-state index in [2.05, 4.69) is 52.1 Å². The molecule has 1 aliphatic heterocycles. The van der Waals surface area contributed by atoms with Crippen LogP contribution in [0.1, 0.15) is 25.5 Å². The third-order valence-electron chi connectivity index (χ3n) is 4.87. The van der Waals surface area contributed by atoms with Crippen molar-refractivity contribution in [3.8, 4) is 0 Å². The average Bonchev–Trinajstić information content (AvgIpc) is 3.36. The molecule has 5 nitrogen and oxygen atoms in total. The van der Waals surface area contributed by atoms with Gasteiger partial charge in [0.2, 0.25) is 0 Å². The molecule has 0 spiro atoms. The van der Waals surface area contributed by atoms with E-state index in [0.29, 0.717) is 12.6 Å². The van der Waals surface area contributed by atoms with Crippen molar-refractivity contribution in [3.63, 3.8) is 0 Å². The molecule has 1 aliphatic rings. The molecule has 150 valence electrons. The molecule has 2 N–H and O–H groups in total. The van der Waals surface area contributed by atoms with Crippen molar-refractivity contribution in [2.75, 3.05) is 24.5 Å². The topological polar surface area (TPSA) is 52.8 Å². The number of hydrogen-bond acceptors (Lipinski definition) is 4. The first-order valence-corrected chi connectivity index (χ1v) is 10.5. The second kappa shape index (κ2) is 10.2. The SMILES string of the molecule is CCNC(=NCc1cc2ccccc2o1)NC1CCN(c2cccs2)CC1.I. The number of thiophene rings is 1. The van der Waals surface area contributed by atoms with E-state index in [0.717, 1.165) is 55.2 Å². The Morgan fingerprint density at radius 1 is 1.21 bits per heavy atom.